The first-order valence-corrected chi connectivity index (χ1v) is 10.3. The number of rotatable bonds is 5. The maximum absolute atomic E-state index is 13.0. The van der Waals surface area contributed by atoms with Crippen molar-refractivity contribution in [1.82, 2.24) is 5.32 Å². The molecule has 1 heterocycles. The lowest BCUT2D eigenvalue weighted by Gasteiger charge is -2.18. The molecule has 3 aromatic rings. The van der Waals surface area contributed by atoms with Crippen molar-refractivity contribution in [3.8, 4) is 0 Å². The predicted octanol–water partition coefficient (Wildman–Crippen LogP) is 0.722. The second-order valence-corrected chi connectivity index (χ2v) is 8.43. The minimum absolute atomic E-state index is 0.0370. The van der Waals surface area contributed by atoms with E-state index in [0.29, 0.717) is 10.8 Å². The van der Waals surface area contributed by atoms with Crippen LogP contribution in [0.2, 0.25) is 0 Å². The van der Waals surface area contributed by atoms with E-state index in [4.69, 9.17) is 11.5 Å². The summed E-state index contributed by atoms with van der Waals surface area (Å²) in [7, 11) is -4.22. The van der Waals surface area contributed by atoms with Crippen LogP contribution in [-0.4, -0.2) is 32.0 Å². The number of primary amides is 2. The molecule has 0 fully saturated rings. The van der Waals surface area contributed by atoms with Crippen molar-refractivity contribution < 1.29 is 27.6 Å². The second kappa shape index (κ2) is 6.92. The summed E-state index contributed by atoms with van der Waals surface area (Å²) >= 11 is 0. The lowest BCUT2D eigenvalue weighted by atomic mass is 9.95. The Kier molecular flexibility index (Phi) is 4.47. The van der Waals surface area contributed by atoms with Crippen molar-refractivity contribution in [3.05, 3.63) is 70.8 Å². The molecule has 1 aliphatic rings. The molecular formula is C20H14N4O6S. The molecule has 0 radical (unpaired) electrons. The Balaban J connectivity index is 1.81. The molecule has 11 heteroatoms. The van der Waals surface area contributed by atoms with E-state index >= 15 is 0 Å². The van der Waals surface area contributed by atoms with Gasteiger partial charge in [0.15, 0.2) is 0 Å². The van der Waals surface area contributed by atoms with Crippen molar-refractivity contribution >= 4 is 50.1 Å². The molecule has 0 aromatic heterocycles. The number of anilines is 1. The molecule has 10 nitrogen and oxygen atoms in total. The highest BCUT2D eigenvalue weighted by Gasteiger charge is 2.28. The van der Waals surface area contributed by atoms with Crippen LogP contribution in [-0.2, 0) is 10.0 Å². The highest BCUT2D eigenvalue weighted by molar-refractivity contribution is 7.92. The number of carbonyl (C=O) groups is 4. The molecule has 0 unspecified atom stereocenters. The number of nitrogens with two attached hydrogens (primary N) is 2. The van der Waals surface area contributed by atoms with Crippen LogP contribution in [0.15, 0.2) is 53.4 Å². The molecular weight excluding hydrogens is 424 g/mol. The molecule has 31 heavy (non-hydrogen) atoms. The molecule has 4 rings (SSSR count). The largest absolute Gasteiger partial charge is 0.366 e. The van der Waals surface area contributed by atoms with Gasteiger partial charge in [-0.1, -0.05) is 12.1 Å². The first-order valence-electron chi connectivity index (χ1n) is 8.77. The fraction of sp³-hybridized carbons (Fsp3) is 0. The van der Waals surface area contributed by atoms with Crippen LogP contribution >= 0.6 is 0 Å². The number of benzene rings is 3. The Morgan fingerprint density at radius 3 is 2.19 bits per heavy atom. The van der Waals surface area contributed by atoms with Crippen LogP contribution in [0.1, 0.15) is 41.4 Å². The SMILES string of the molecule is NC(=O)c1ccc(NS(=O)(=O)c2cc3c4c(cccc4c2)C(=O)NC3=O)cc1C(N)=O. The Morgan fingerprint density at radius 1 is 0.839 bits per heavy atom. The first kappa shape index (κ1) is 20.0. The van der Waals surface area contributed by atoms with E-state index in [2.05, 4.69) is 10.0 Å². The summed E-state index contributed by atoms with van der Waals surface area (Å²) in [5, 5.41) is 2.92. The summed E-state index contributed by atoms with van der Waals surface area (Å²) in [6.07, 6.45) is 0. The highest BCUT2D eigenvalue weighted by Crippen LogP contribution is 2.30. The van der Waals surface area contributed by atoms with Gasteiger partial charge in [0.05, 0.1) is 16.0 Å². The summed E-state index contributed by atoms with van der Waals surface area (Å²) < 4.78 is 28.2. The molecule has 0 saturated heterocycles. The van der Waals surface area contributed by atoms with Crippen LogP contribution in [0.25, 0.3) is 10.8 Å². The van der Waals surface area contributed by atoms with Gasteiger partial charge in [-0.15, -0.1) is 0 Å². The zero-order valence-electron chi connectivity index (χ0n) is 15.6. The maximum atomic E-state index is 13.0. The van der Waals surface area contributed by atoms with E-state index in [1.54, 1.807) is 12.1 Å². The minimum Gasteiger partial charge on any atom is -0.366 e. The molecule has 0 saturated carbocycles. The lowest BCUT2D eigenvalue weighted by Crippen LogP contribution is -2.34. The van der Waals surface area contributed by atoms with Gasteiger partial charge >= 0.3 is 0 Å². The van der Waals surface area contributed by atoms with Crippen LogP contribution in [0.3, 0.4) is 0 Å². The number of imide groups is 1. The summed E-state index contributed by atoms with van der Waals surface area (Å²) in [5.74, 6) is -3.13. The highest BCUT2D eigenvalue weighted by atomic mass is 32.2. The summed E-state index contributed by atoms with van der Waals surface area (Å²) in [4.78, 5) is 47.1. The summed E-state index contributed by atoms with van der Waals surface area (Å²) in [5.41, 5.74) is 10.3. The molecule has 1 aliphatic heterocycles. The monoisotopic (exact) mass is 438 g/mol. The topological polar surface area (TPSA) is 179 Å². The minimum atomic E-state index is -4.22. The van der Waals surface area contributed by atoms with Gasteiger partial charge < -0.3 is 11.5 Å². The smallest absolute Gasteiger partial charge is 0.261 e. The summed E-state index contributed by atoms with van der Waals surface area (Å²) in [6.45, 7) is 0. The van der Waals surface area contributed by atoms with Gasteiger partial charge in [-0.3, -0.25) is 29.2 Å². The fourth-order valence-electron chi connectivity index (χ4n) is 3.40. The average molecular weight is 438 g/mol. The Labute approximate surface area is 175 Å². The third kappa shape index (κ3) is 3.36. The number of amides is 4. The number of hydrogen-bond donors (Lipinski definition) is 4. The molecule has 4 amide bonds. The van der Waals surface area contributed by atoms with Gasteiger partial charge in [-0.2, -0.15) is 0 Å². The van der Waals surface area contributed by atoms with Crippen molar-refractivity contribution in [2.45, 2.75) is 4.90 Å². The Bertz CT molecular complexity index is 1450. The van der Waals surface area contributed by atoms with Crippen molar-refractivity contribution in [1.29, 1.82) is 0 Å². The van der Waals surface area contributed by atoms with E-state index in [1.807, 2.05) is 0 Å². The Morgan fingerprint density at radius 2 is 1.52 bits per heavy atom. The zero-order chi connectivity index (χ0) is 22.5. The maximum Gasteiger partial charge on any atom is 0.261 e. The molecule has 0 aliphatic carbocycles. The number of hydrogen-bond acceptors (Lipinski definition) is 6. The predicted molar refractivity (Wildman–Crippen MR) is 110 cm³/mol. The van der Waals surface area contributed by atoms with E-state index in [0.717, 1.165) is 12.1 Å². The Hall–Kier alpha value is -4.25. The van der Waals surface area contributed by atoms with Crippen molar-refractivity contribution in [3.63, 3.8) is 0 Å². The third-order valence-electron chi connectivity index (χ3n) is 4.78. The zero-order valence-corrected chi connectivity index (χ0v) is 16.4. The number of nitrogens with one attached hydrogen (secondary N) is 2. The van der Waals surface area contributed by atoms with E-state index in [-0.39, 0.29) is 32.8 Å². The van der Waals surface area contributed by atoms with Crippen molar-refractivity contribution in [2.24, 2.45) is 11.5 Å². The van der Waals surface area contributed by atoms with Gasteiger partial charge in [-0.25, -0.2) is 8.42 Å². The molecule has 6 N–H and O–H groups in total. The van der Waals surface area contributed by atoms with E-state index in [1.165, 1.54) is 24.3 Å². The van der Waals surface area contributed by atoms with Gasteiger partial charge in [0.1, 0.15) is 0 Å². The van der Waals surface area contributed by atoms with Crippen LogP contribution in [0, 0.1) is 0 Å². The standard InChI is InChI=1S/C20H14N4O6S/c21-17(25)12-5-4-10(7-14(12)18(22)26)24-31(29,30)11-6-9-2-1-3-13-16(9)15(8-11)20(28)23-19(13)27/h1-8,24H,(H2,21,25)(H2,22,26)(H,23,27,28). The van der Waals surface area contributed by atoms with Gasteiger partial charge in [0.2, 0.25) is 11.8 Å². The van der Waals surface area contributed by atoms with Crippen LogP contribution in [0.5, 0.6) is 0 Å². The summed E-state index contributed by atoms with van der Waals surface area (Å²) in [6, 6.07) is 10.7. The molecule has 0 atom stereocenters. The molecule has 0 bridgehead atoms. The fourth-order valence-corrected chi connectivity index (χ4v) is 4.51. The van der Waals surface area contributed by atoms with E-state index < -0.39 is 33.7 Å². The quantitative estimate of drug-likeness (QED) is 0.426. The lowest BCUT2D eigenvalue weighted by molar-refractivity contribution is 0.0843. The number of sulfonamides is 1. The van der Waals surface area contributed by atoms with Gasteiger partial charge in [0, 0.05) is 22.2 Å². The molecule has 156 valence electrons. The second-order valence-electron chi connectivity index (χ2n) is 6.75. The van der Waals surface area contributed by atoms with Crippen LogP contribution < -0.4 is 21.5 Å². The molecule has 0 spiro atoms. The average Bonchev–Trinajstić information content (AvgIpc) is 2.70. The molecule has 3 aromatic carbocycles. The first-order chi connectivity index (χ1) is 14.6. The van der Waals surface area contributed by atoms with Gasteiger partial charge in [-0.05, 0) is 41.8 Å². The van der Waals surface area contributed by atoms with Crippen molar-refractivity contribution in [2.75, 3.05) is 4.72 Å². The van der Waals surface area contributed by atoms with E-state index in [9.17, 15) is 27.6 Å². The van der Waals surface area contributed by atoms with Gasteiger partial charge in [0.25, 0.3) is 21.8 Å². The van der Waals surface area contributed by atoms with Crippen LogP contribution in [0.4, 0.5) is 5.69 Å². The number of carbonyl (C=O) groups excluding carboxylic acids is 4. The normalized spacial score (nSPS) is 13.0. The third-order valence-corrected chi connectivity index (χ3v) is 6.14.